The molecule has 1 N–H and O–H groups in total. The van der Waals surface area contributed by atoms with Crippen molar-refractivity contribution >= 4 is 49.9 Å². The van der Waals surface area contributed by atoms with Crippen molar-refractivity contribution in [2.24, 2.45) is 0 Å². The quantitative estimate of drug-likeness (QED) is 0.595. The van der Waals surface area contributed by atoms with E-state index in [1.54, 1.807) is 54.6 Å². The lowest BCUT2D eigenvalue weighted by Gasteiger charge is -2.26. The average molecular weight is 452 g/mol. The summed E-state index contributed by atoms with van der Waals surface area (Å²) in [5.74, 6) is -0.530. The van der Waals surface area contributed by atoms with Crippen LogP contribution in [0.15, 0.2) is 54.6 Å². The number of hydrogen-bond acceptors (Lipinski definition) is 6. The number of hydrogen-bond donors (Lipinski definition) is 1. The van der Waals surface area contributed by atoms with Gasteiger partial charge in [0.05, 0.1) is 5.69 Å². The molecule has 0 saturated carbocycles. The fraction of sp³-hybridized carbons (Fsp3) is 0.167. The number of carbonyl (C=O) groups excluding carboxylic acids is 1. The minimum Gasteiger partial charge on any atom is -0.299 e. The predicted molar refractivity (Wildman–Crippen MR) is 115 cm³/mol. The molecule has 2 aromatic carbocycles. The lowest BCUT2D eigenvalue weighted by atomic mass is 10.2. The van der Waals surface area contributed by atoms with Crippen molar-refractivity contribution in [1.82, 2.24) is 14.5 Å². The maximum Gasteiger partial charge on any atom is 0.304 e. The fourth-order valence-corrected chi connectivity index (χ4v) is 4.32. The van der Waals surface area contributed by atoms with E-state index >= 15 is 0 Å². The summed E-state index contributed by atoms with van der Waals surface area (Å²) in [6, 6.07) is 15.5. The molecule has 0 fully saturated rings. The second kappa shape index (κ2) is 8.87. The van der Waals surface area contributed by atoms with Gasteiger partial charge in [-0.1, -0.05) is 53.3 Å². The van der Waals surface area contributed by atoms with Crippen molar-refractivity contribution < 1.29 is 13.2 Å². The second-order valence-electron chi connectivity index (χ2n) is 6.10. The summed E-state index contributed by atoms with van der Waals surface area (Å²) in [5.41, 5.74) is 1.20. The van der Waals surface area contributed by atoms with Crippen LogP contribution in [0.4, 0.5) is 10.8 Å². The number of benzene rings is 2. The Morgan fingerprint density at radius 2 is 1.72 bits per heavy atom. The van der Waals surface area contributed by atoms with E-state index in [-0.39, 0.29) is 5.13 Å². The van der Waals surface area contributed by atoms with E-state index in [9.17, 15) is 13.2 Å². The van der Waals surface area contributed by atoms with Gasteiger partial charge in [0.2, 0.25) is 11.0 Å². The van der Waals surface area contributed by atoms with Gasteiger partial charge in [-0.3, -0.25) is 10.1 Å². The van der Waals surface area contributed by atoms with E-state index in [0.29, 0.717) is 15.7 Å². The number of nitrogens with zero attached hydrogens (tertiary/aromatic N) is 4. The van der Waals surface area contributed by atoms with Crippen LogP contribution in [0.1, 0.15) is 0 Å². The Hall–Kier alpha value is -2.53. The van der Waals surface area contributed by atoms with Crippen LogP contribution < -0.4 is 9.62 Å². The topological polar surface area (TPSA) is 95.5 Å². The molecule has 1 heterocycles. The second-order valence-corrected chi connectivity index (χ2v) is 9.58. The van der Waals surface area contributed by atoms with Gasteiger partial charge in [0.25, 0.3) is 0 Å². The molecule has 0 unspecified atom stereocenters. The van der Waals surface area contributed by atoms with Crippen LogP contribution in [0.25, 0.3) is 10.6 Å². The lowest BCUT2D eigenvalue weighted by Crippen LogP contribution is -2.44. The Morgan fingerprint density at radius 1 is 1.07 bits per heavy atom. The highest BCUT2D eigenvalue weighted by atomic mass is 35.5. The van der Waals surface area contributed by atoms with Crippen LogP contribution in [0.5, 0.6) is 0 Å². The first-order chi connectivity index (χ1) is 13.8. The highest BCUT2D eigenvalue weighted by Crippen LogP contribution is 2.27. The Kier molecular flexibility index (Phi) is 6.48. The number of para-hydroxylation sites is 1. The summed E-state index contributed by atoms with van der Waals surface area (Å²) in [5, 5.41) is 12.1. The van der Waals surface area contributed by atoms with Gasteiger partial charge < -0.3 is 0 Å². The summed E-state index contributed by atoms with van der Waals surface area (Å²) in [6.07, 6.45) is 0. The largest absolute Gasteiger partial charge is 0.304 e. The zero-order valence-electron chi connectivity index (χ0n) is 15.6. The van der Waals surface area contributed by atoms with Crippen molar-refractivity contribution in [1.29, 1.82) is 0 Å². The highest BCUT2D eigenvalue weighted by molar-refractivity contribution is 7.90. The molecular formula is C18H18ClN5O3S2. The molecule has 0 bridgehead atoms. The Labute approximate surface area is 177 Å². The third-order valence-electron chi connectivity index (χ3n) is 3.83. The molecule has 0 aliphatic carbocycles. The third-order valence-corrected chi connectivity index (χ3v) is 6.79. The van der Waals surface area contributed by atoms with Gasteiger partial charge in [0.1, 0.15) is 11.6 Å². The molecule has 1 amide bonds. The lowest BCUT2D eigenvalue weighted by molar-refractivity contribution is -0.114. The first-order valence-corrected chi connectivity index (χ1v) is 11.0. The number of anilines is 2. The van der Waals surface area contributed by atoms with E-state index < -0.39 is 22.7 Å². The molecule has 0 radical (unpaired) electrons. The van der Waals surface area contributed by atoms with Crippen molar-refractivity contribution in [2.75, 3.05) is 30.3 Å². The normalized spacial score (nSPS) is 11.4. The highest BCUT2D eigenvalue weighted by Gasteiger charge is 2.27. The molecule has 152 valence electrons. The summed E-state index contributed by atoms with van der Waals surface area (Å²) < 4.78 is 27.4. The molecule has 3 rings (SSSR count). The van der Waals surface area contributed by atoms with E-state index in [1.807, 2.05) is 0 Å². The standard InChI is InChI=1S/C18H18ClN5O3S2/c1-23(2)29(26,27)24(15-6-4-3-5-7-15)12-16(25)20-18-22-21-17(28-18)13-8-10-14(19)11-9-13/h3-11H,12H2,1-2H3,(H,20,22,25). The van der Waals surface area contributed by atoms with Crippen LogP contribution in [0.2, 0.25) is 5.02 Å². The Balaban J connectivity index is 1.76. The van der Waals surface area contributed by atoms with Gasteiger partial charge in [-0.05, 0) is 24.3 Å². The minimum absolute atomic E-state index is 0.273. The number of nitrogens with one attached hydrogen (secondary N) is 1. The van der Waals surface area contributed by atoms with Crippen LogP contribution in [0, 0.1) is 0 Å². The SMILES string of the molecule is CN(C)S(=O)(=O)N(CC(=O)Nc1nnc(-c2ccc(Cl)cc2)s1)c1ccccc1. The van der Waals surface area contributed by atoms with Gasteiger partial charge >= 0.3 is 10.2 Å². The summed E-state index contributed by atoms with van der Waals surface area (Å²) in [4.78, 5) is 12.5. The molecule has 11 heteroatoms. The maximum atomic E-state index is 12.7. The van der Waals surface area contributed by atoms with Gasteiger partial charge in [0, 0.05) is 24.7 Å². The van der Waals surface area contributed by atoms with Crippen LogP contribution in [-0.2, 0) is 15.0 Å². The van der Waals surface area contributed by atoms with E-state index in [4.69, 9.17) is 11.6 Å². The van der Waals surface area contributed by atoms with Crippen molar-refractivity contribution in [2.45, 2.75) is 0 Å². The molecule has 1 aromatic heterocycles. The molecule has 0 saturated heterocycles. The number of carbonyl (C=O) groups is 1. The van der Waals surface area contributed by atoms with Gasteiger partial charge in [-0.25, -0.2) is 4.31 Å². The van der Waals surface area contributed by atoms with Crippen LogP contribution in [-0.4, -0.2) is 49.5 Å². The Morgan fingerprint density at radius 3 is 2.34 bits per heavy atom. The van der Waals surface area contributed by atoms with Crippen molar-refractivity contribution in [3.8, 4) is 10.6 Å². The molecule has 3 aromatic rings. The minimum atomic E-state index is -3.86. The van der Waals surface area contributed by atoms with E-state index in [2.05, 4.69) is 15.5 Å². The molecule has 0 atom stereocenters. The van der Waals surface area contributed by atoms with E-state index in [0.717, 1.165) is 14.2 Å². The average Bonchev–Trinajstić information content (AvgIpc) is 3.15. The summed E-state index contributed by atoms with van der Waals surface area (Å²) in [7, 11) is -1.04. The molecule has 0 aliphatic rings. The number of rotatable bonds is 7. The fourth-order valence-electron chi connectivity index (χ4n) is 2.37. The molecular weight excluding hydrogens is 434 g/mol. The molecule has 8 nitrogen and oxygen atoms in total. The molecule has 0 spiro atoms. The molecule has 0 aliphatic heterocycles. The van der Waals surface area contributed by atoms with Crippen LogP contribution in [0.3, 0.4) is 0 Å². The number of amides is 1. The smallest absolute Gasteiger partial charge is 0.299 e. The summed E-state index contributed by atoms with van der Waals surface area (Å²) in [6.45, 7) is -0.402. The van der Waals surface area contributed by atoms with Gasteiger partial charge in [-0.2, -0.15) is 12.7 Å². The number of halogens is 1. The van der Waals surface area contributed by atoms with Gasteiger partial charge in [-0.15, -0.1) is 10.2 Å². The number of aromatic nitrogens is 2. The maximum absolute atomic E-state index is 12.7. The Bertz CT molecular complexity index is 1090. The first kappa shape index (κ1) is 21.2. The third kappa shape index (κ3) is 5.10. The summed E-state index contributed by atoms with van der Waals surface area (Å²) >= 11 is 7.07. The zero-order valence-corrected chi connectivity index (χ0v) is 18.0. The van der Waals surface area contributed by atoms with E-state index in [1.165, 1.54) is 25.4 Å². The predicted octanol–water partition coefficient (Wildman–Crippen LogP) is 3.11. The molecule has 29 heavy (non-hydrogen) atoms. The first-order valence-electron chi connectivity index (χ1n) is 8.42. The monoisotopic (exact) mass is 451 g/mol. The van der Waals surface area contributed by atoms with Crippen molar-refractivity contribution in [3.05, 3.63) is 59.6 Å². The van der Waals surface area contributed by atoms with Crippen molar-refractivity contribution in [3.63, 3.8) is 0 Å². The van der Waals surface area contributed by atoms with Gasteiger partial charge in [0.15, 0.2) is 0 Å². The van der Waals surface area contributed by atoms with Crippen LogP contribution >= 0.6 is 22.9 Å². The zero-order chi connectivity index (χ0) is 21.0.